The van der Waals surface area contributed by atoms with Gasteiger partial charge in [-0.25, -0.2) is 21.6 Å². The van der Waals surface area contributed by atoms with Gasteiger partial charge in [-0.15, -0.1) is 0 Å². The number of hydrogen-bond acceptors (Lipinski definition) is 9. The summed E-state index contributed by atoms with van der Waals surface area (Å²) in [7, 11) is -5.33. The van der Waals surface area contributed by atoms with Gasteiger partial charge in [-0.1, -0.05) is 13.8 Å². The van der Waals surface area contributed by atoms with Gasteiger partial charge in [0.15, 0.2) is 19.7 Å². The van der Waals surface area contributed by atoms with Crippen molar-refractivity contribution in [1.29, 1.82) is 0 Å². The number of methoxy groups -OCH3 is 2. The Morgan fingerprint density at radius 1 is 0.879 bits per heavy atom. The number of rotatable bonds is 9. The molecule has 4 N–H and O–H groups in total. The minimum Gasteiger partial charge on any atom is -0.496 e. The zero-order valence-electron chi connectivity index (χ0n) is 18.3. The number of carboxylic acid groups (broad SMARTS) is 1. The number of nitrogens with one attached hydrogen (secondary N) is 1. The fraction of sp³-hybridized carbons (Fsp3) is 0.300. The van der Waals surface area contributed by atoms with Crippen LogP contribution in [-0.2, 0) is 19.7 Å². The smallest absolute Gasteiger partial charge is 0.339 e. The molecule has 0 aliphatic heterocycles. The Labute approximate surface area is 191 Å². The van der Waals surface area contributed by atoms with E-state index < -0.39 is 42.0 Å². The largest absolute Gasteiger partial charge is 0.496 e. The van der Waals surface area contributed by atoms with Gasteiger partial charge in [-0.2, -0.15) is 0 Å². The van der Waals surface area contributed by atoms with Crippen molar-refractivity contribution in [2.24, 2.45) is 0 Å². The van der Waals surface area contributed by atoms with Gasteiger partial charge >= 0.3 is 5.97 Å². The molecule has 0 aromatic heterocycles. The summed E-state index contributed by atoms with van der Waals surface area (Å²) in [6, 6.07) is 4.18. The molecule has 0 saturated carbocycles. The second-order valence-corrected chi connectivity index (χ2v) is 11.2. The van der Waals surface area contributed by atoms with Crippen LogP contribution in [0.5, 0.6) is 11.5 Å². The standard InChI is InChI=1S/C20H24N2O9S2/c1-5-32(26,27)17-7-11(15(30-3)9-13(17)21)19(23)22-14-10-16(31-4)12(20(24)25)8-18(14)33(28,29)6-2/h7-10H,5-6,21H2,1-4H3,(H,22,23)(H,24,25). The monoisotopic (exact) mass is 500 g/mol. The van der Waals surface area contributed by atoms with Crippen LogP contribution in [0.2, 0.25) is 0 Å². The first-order valence-electron chi connectivity index (χ1n) is 9.52. The van der Waals surface area contributed by atoms with Gasteiger partial charge in [0.05, 0.1) is 52.5 Å². The second-order valence-electron chi connectivity index (χ2n) is 6.71. The molecule has 0 fully saturated rings. The number of ether oxygens (including phenoxy) is 2. The molecule has 0 bridgehead atoms. The lowest BCUT2D eigenvalue weighted by Gasteiger charge is -2.17. The van der Waals surface area contributed by atoms with E-state index in [-0.39, 0.29) is 44.8 Å². The van der Waals surface area contributed by atoms with E-state index in [4.69, 9.17) is 15.2 Å². The molecular weight excluding hydrogens is 476 g/mol. The van der Waals surface area contributed by atoms with Crippen molar-refractivity contribution in [3.05, 3.63) is 35.4 Å². The Hall–Kier alpha value is -3.32. The van der Waals surface area contributed by atoms with Crippen LogP contribution >= 0.6 is 0 Å². The fourth-order valence-electron chi connectivity index (χ4n) is 2.94. The number of carboxylic acids is 1. The van der Waals surface area contributed by atoms with Crippen LogP contribution in [0, 0.1) is 0 Å². The van der Waals surface area contributed by atoms with Gasteiger partial charge in [-0.3, -0.25) is 4.79 Å². The Morgan fingerprint density at radius 3 is 1.85 bits per heavy atom. The number of benzene rings is 2. The third-order valence-electron chi connectivity index (χ3n) is 4.79. The average molecular weight is 501 g/mol. The van der Waals surface area contributed by atoms with Crippen LogP contribution in [0.4, 0.5) is 11.4 Å². The van der Waals surface area contributed by atoms with E-state index in [1.165, 1.54) is 34.1 Å². The van der Waals surface area contributed by atoms with Gasteiger partial charge in [0.2, 0.25) is 0 Å². The van der Waals surface area contributed by atoms with Crippen molar-refractivity contribution in [3.8, 4) is 11.5 Å². The molecule has 11 nitrogen and oxygen atoms in total. The lowest BCUT2D eigenvalue weighted by atomic mass is 10.1. The minimum absolute atomic E-state index is 0.0472. The molecule has 180 valence electrons. The summed E-state index contributed by atoms with van der Waals surface area (Å²) in [6.07, 6.45) is 0. The third-order valence-corrected chi connectivity index (χ3v) is 8.34. The highest BCUT2D eigenvalue weighted by Gasteiger charge is 2.26. The maximum absolute atomic E-state index is 13.1. The van der Waals surface area contributed by atoms with Crippen LogP contribution in [0.1, 0.15) is 34.6 Å². The predicted octanol–water partition coefficient (Wildman–Crippen LogP) is 1.82. The van der Waals surface area contributed by atoms with E-state index in [2.05, 4.69) is 5.32 Å². The molecular formula is C20H24N2O9S2. The van der Waals surface area contributed by atoms with Gasteiger partial charge in [0.25, 0.3) is 5.91 Å². The lowest BCUT2D eigenvalue weighted by molar-refractivity contribution is 0.0693. The molecule has 13 heteroatoms. The Bertz CT molecular complexity index is 1320. The second kappa shape index (κ2) is 9.67. The van der Waals surface area contributed by atoms with E-state index >= 15 is 0 Å². The van der Waals surface area contributed by atoms with Gasteiger partial charge in [-0.05, 0) is 12.1 Å². The molecule has 0 heterocycles. The molecule has 0 atom stereocenters. The molecule has 2 aromatic rings. The number of aromatic carboxylic acids is 1. The van der Waals surface area contributed by atoms with Crippen molar-refractivity contribution in [2.75, 3.05) is 36.8 Å². The van der Waals surface area contributed by atoms with E-state index in [1.54, 1.807) is 0 Å². The summed E-state index contributed by atoms with van der Waals surface area (Å²) in [6.45, 7) is 2.77. The van der Waals surface area contributed by atoms with E-state index in [0.29, 0.717) is 0 Å². The molecule has 2 aromatic carbocycles. The molecule has 2 rings (SSSR count). The zero-order valence-corrected chi connectivity index (χ0v) is 20.0. The van der Waals surface area contributed by atoms with E-state index in [9.17, 15) is 31.5 Å². The lowest BCUT2D eigenvalue weighted by Crippen LogP contribution is -2.19. The van der Waals surface area contributed by atoms with Crippen molar-refractivity contribution in [1.82, 2.24) is 0 Å². The Balaban J connectivity index is 2.72. The molecule has 0 aliphatic rings. The molecule has 0 aliphatic carbocycles. The maximum Gasteiger partial charge on any atom is 0.339 e. The number of nitrogens with two attached hydrogens (primary N) is 1. The molecule has 0 spiro atoms. The highest BCUT2D eigenvalue weighted by molar-refractivity contribution is 7.91. The molecule has 0 saturated heterocycles. The quantitative estimate of drug-likeness (QED) is 0.430. The minimum atomic E-state index is -3.98. The van der Waals surface area contributed by atoms with Crippen molar-refractivity contribution < 1.29 is 41.0 Å². The number of carbonyl (C=O) groups excluding carboxylic acids is 1. The van der Waals surface area contributed by atoms with Crippen LogP contribution in [0.3, 0.4) is 0 Å². The van der Waals surface area contributed by atoms with Crippen LogP contribution in [0.25, 0.3) is 0 Å². The SMILES string of the molecule is CCS(=O)(=O)c1cc(C(=O)Nc2cc(OC)c(C(=O)O)cc2S(=O)(=O)CC)c(OC)cc1N. The predicted molar refractivity (Wildman–Crippen MR) is 121 cm³/mol. The van der Waals surface area contributed by atoms with E-state index in [1.807, 2.05) is 0 Å². The molecule has 1 amide bonds. The van der Waals surface area contributed by atoms with Gasteiger partial charge in [0, 0.05) is 12.1 Å². The molecule has 0 radical (unpaired) electrons. The highest BCUT2D eigenvalue weighted by Crippen LogP contribution is 2.34. The van der Waals surface area contributed by atoms with E-state index in [0.717, 1.165) is 18.2 Å². The summed E-state index contributed by atoms with van der Waals surface area (Å²) >= 11 is 0. The molecule has 33 heavy (non-hydrogen) atoms. The van der Waals surface area contributed by atoms with Crippen LogP contribution < -0.4 is 20.5 Å². The Kier molecular flexibility index (Phi) is 7.60. The van der Waals surface area contributed by atoms with Gasteiger partial charge in [0.1, 0.15) is 17.1 Å². The number of carbonyl (C=O) groups is 2. The topological polar surface area (TPSA) is 179 Å². The first-order valence-corrected chi connectivity index (χ1v) is 12.8. The summed E-state index contributed by atoms with van der Waals surface area (Å²) < 4.78 is 60.1. The molecule has 0 unspecified atom stereocenters. The zero-order chi connectivity index (χ0) is 25.1. The fourth-order valence-corrected chi connectivity index (χ4v) is 5.02. The maximum atomic E-state index is 13.1. The average Bonchev–Trinajstić information content (AvgIpc) is 2.77. The Morgan fingerprint density at radius 2 is 1.36 bits per heavy atom. The summed E-state index contributed by atoms with van der Waals surface area (Å²) in [4.78, 5) is 23.9. The number of nitrogen functional groups attached to an aromatic ring is 1. The summed E-state index contributed by atoms with van der Waals surface area (Å²) in [5.41, 5.74) is 4.82. The van der Waals surface area contributed by atoms with Crippen LogP contribution in [0.15, 0.2) is 34.1 Å². The number of amides is 1. The number of hydrogen-bond donors (Lipinski definition) is 3. The van der Waals surface area contributed by atoms with Crippen molar-refractivity contribution >= 4 is 42.9 Å². The number of anilines is 2. The van der Waals surface area contributed by atoms with Crippen LogP contribution in [-0.4, -0.2) is 59.5 Å². The number of sulfone groups is 2. The first kappa shape index (κ1) is 25.9. The normalized spacial score (nSPS) is 11.6. The van der Waals surface area contributed by atoms with Gasteiger partial charge < -0.3 is 25.6 Å². The summed E-state index contributed by atoms with van der Waals surface area (Å²) in [5, 5.41) is 11.8. The van der Waals surface area contributed by atoms with Crippen molar-refractivity contribution in [3.63, 3.8) is 0 Å². The summed E-state index contributed by atoms with van der Waals surface area (Å²) in [5.74, 6) is -3.20. The van der Waals surface area contributed by atoms with Crippen molar-refractivity contribution in [2.45, 2.75) is 23.6 Å². The first-order chi connectivity index (χ1) is 15.3. The third kappa shape index (κ3) is 5.20. The highest BCUT2D eigenvalue weighted by atomic mass is 32.2.